The quantitative estimate of drug-likeness (QED) is 0.916. The highest BCUT2D eigenvalue weighted by molar-refractivity contribution is 7.09. The van der Waals surface area contributed by atoms with Gasteiger partial charge in [-0.05, 0) is 36.8 Å². The van der Waals surface area contributed by atoms with Gasteiger partial charge in [-0.2, -0.15) is 0 Å². The van der Waals surface area contributed by atoms with Gasteiger partial charge in [0.2, 0.25) is 5.91 Å². The van der Waals surface area contributed by atoms with Crippen LogP contribution in [0.2, 0.25) is 0 Å². The number of benzene rings is 1. The fourth-order valence-corrected chi connectivity index (χ4v) is 3.83. The van der Waals surface area contributed by atoms with E-state index in [2.05, 4.69) is 10.3 Å². The summed E-state index contributed by atoms with van der Waals surface area (Å²) >= 11 is 1.68. The number of carbonyl (C=O) groups is 1. The van der Waals surface area contributed by atoms with Crippen molar-refractivity contribution in [2.75, 3.05) is 0 Å². The number of nitrogens with one attached hydrogen (secondary N) is 1. The zero-order valence-electron chi connectivity index (χ0n) is 12.1. The highest BCUT2D eigenvalue weighted by Gasteiger charge is 2.45. The van der Waals surface area contributed by atoms with Gasteiger partial charge in [0.05, 0.1) is 17.2 Å². The van der Waals surface area contributed by atoms with Crippen LogP contribution < -0.4 is 5.32 Å². The molecule has 2 fully saturated rings. The van der Waals surface area contributed by atoms with Gasteiger partial charge in [0.1, 0.15) is 5.82 Å². The van der Waals surface area contributed by atoms with E-state index in [4.69, 9.17) is 0 Å². The molecular weight excluding hydrogens is 299 g/mol. The van der Waals surface area contributed by atoms with Crippen molar-refractivity contribution in [3.05, 3.63) is 51.7 Å². The van der Waals surface area contributed by atoms with Crippen LogP contribution in [0.25, 0.3) is 0 Å². The summed E-state index contributed by atoms with van der Waals surface area (Å²) < 4.78 is 13.7. The van der Waals surface area contributed by atoms with Gasteiger partial charge in [-0.3, -0.25) is 4.79 Å². The largest absolute Gasteiger partial charge is 0.350 e. The second-order valence-electron chi connectivity index (χ2n) is 6.14. The molecular formula is C17H17FN2OS. The first-order chi connectivity index (χ1) is 10.7. The standard InChI is InChI=1S/C17H17FN2OS/c18-15-4-2-1-3-12(15)13-7-14(13)16(21)19-8-11-9-22-17(20-11)10-5-6-10/h1-4,9-10,13-14H,5-8H2,(H,19,21). The zero-order valence-corrected chi connectivity index (χ0v) is 12.9. The number of nitrogens with zero attached hydrogens (tertiary/aromatic N) is 1. The molecule has 0 spiro atoms. The van der Waals surface area contributed by atoms with E-state index in [-0.39, 0.29) is 23.6 Å². The van der Waals surface area contributed by atoms with Gasteiger partial charge < -0.3 is 5.32 Å². The number of thiazole rings is 1. The molecule has 0 saturated heterocycles. The third-order valence-corrected chi connectivity index (χ3v) is 5.43. The van der Waals surface area contributed by atoms with Gasteiger partial charge in [0.25, 0.3) is 0 Å². The Morgan fingerprint density at radius 3 is 2.95 bits per heavy atom. The molecule has 4 rings (SSSR count). The molecule has 1 heterocycles. The summed E-state index contributed by atoms with van der Waals surface area (Å²) in [5.41, 5.74) is 1.59. The molecule has 3 nitrogen and oxygen atoms in total. The summed E-state index contributed by atoms with van der Waals surface area (Å²) in [5, 5.41) is 6.15. The molecule has 2 unspecified atom stereocenters. The van der Waals surface area contributed by atoms with E-state index >= 15 is 0 Å². The number of hydrogen-bond donors (Lipinski definition) is 1. The third kappa shape index (κ3) is 2.77. The number of carbonyl (C=O) groups excluding carboxylic acids is 1. The first kappa shape index (κ1) is 13.9. The second kappa shape index (κ2) is 5.47. The fourth-order valence-electron chi connectivity index (χ4n) is 2.83. The minimum Gasteiger partial charge on any atom is -0.350 e. The summed E-state index contributed by atoms with van der Waals surface area (Å²) in [6, 6.07) is 6.73. The Balaban J connectivity index is 1.32. The van der Waals surface area contributed by atoms with Crippen molar-refractivity contribution < 1.29 is 9.18 Å². The van der Waals surface area contributed by atoms with E-state index in [1.165, 1.54) is 23.9 Å². The molecule has 1 aromatic heterocycles. The van der Waals surface area contributed by atoms with Crippen LogP contribution in [0.1, 0.15) is 47.4 Å². The molecule has 2 atom stereocenters. The maximum atomic E-state index is 13.7. The average molecular weight is 316 g/mol. The summed E-state index contributed by atoms with van der Waals surface area (Å²) in [6.07, 6.45) is 3.22. The first-order valence-electron chi connectivity index (χ1n) is 7.69. The lowest BCUT2D eigenvalue weighted by Crippen LogP contribution is -2.25. The number of hydrogen-bond acceptors (Lipinski definition) is 3. The summed E-state index contributed by atoms with van der Waals surface area (Å²) in [5.74, 6) is 0.381. The Hall–Kier alpha value is -1.75. The minimum atomic E-state index is -0.212. The van der Waals surface area contributed by atoms with Gasteiger partial charge in [-0.15, -0.1) is 11.3 Å². The van der Waals surface area contributed by atoms with Crippen molar-refractivity contribution in [3.63, 3.8) is 0 Å². The second-order valence-corrected chi connectivity index (χ2v) is 7.03. The van der Waals surface area contributed by atoms with Gasteiger partial charge in [-0.25, -0.2) is 9.37 Å². The maximum absolute atomic E-state index is 13.7. The molecule has 1 aromatic carbocycles. The number of halogens is 1. The lowest BCUT2D eigenvalue weighted by Gasteiger charge is -2.04. The molecule has 0 bridgehead atoms. The highest BCUT2D eigenvalue weighted by Crippen LogP contribution is 2.48. The van der Waals surface area contributed by atoms with Crippen LogP contribution >= 0.6 is 11.3 Å². The van der Waals surface area contributed by atoms with Gasteiger partial charge in [0, 0.05) is 17.2 Å². The van der Waals surface area contributed by atoms with Crippen LogP contribution in [-0.4, -0.2) is 10.9 Å². The molecule has 2 aliphatic rings. The van der Waals surface area contributed by atoms with E-state index in [9.17, 15) is 9.18 Å². The van der Waals surface area contributed by atoms with Crippen LogP contribution in [0.5, 0.6) is 0 Å². The summed E-state index contributed by atoms with van der Waals surface area (Å²) in [6.45, 7) is 0.475. The molecule has 114 valence electrons. The summed E-state index contributed by atoms with van der Waals surface area (Å²) in [4.78, 5) is 16.7. The molecule has 2 aromatic rings. The van der Waals surface area contributed by atoms with Crippen LogP contribution in [0.3, 0.4) is 0 Å². The number of amides is 1. The van der Waals surface area contributed by atoms with Crippen molar-refractivity contribution in [2.45, 2.75) is 37.6 Å². The normalized spacial score (nSPS) is 23.3. The van der Waals surface area contributed by atoms with Crippen LogP contribution in [0.15, 0.2) is 29.6 Å². The molecule has 2 aliphatic carbocycles. The average Bonchev–Trinajstić information content (AvgIpc) is 3.44. The summed E-state index contributed by atoms with van der Waals surface area (Å²) in [7, 11) is 0. The van der Waals surface area contributed by atoms with Gasteiger partial charge in [0.15, 0.2) is 0 Å². The topological polar surface area (TPSA) is 42.0 Å². The number of rotatable bonds is 5. The third-order valence-electron chi connectivity index (χ3n) is 4.37. The first-order valence-corrected chi connectivity index (χ1v) is 8.57. The minimum absolute atomic E-state index is 0.00854. The van der Waals surface area contributed by atoms with E-state index in [0.29, 0.717) is 18.0 Å². The monoisotopic (exact) mass is 316 g/mol. The highest BCUT2D eigenvalue weighted by atomic mass is 32.1. The van der Waals surface area contributed by atoms with E-state index in [1.54, 1.807) is 23.5 Å². The van der Waals surface area contributed by atoms with Gasteiger partial charge >= 0.3 is 0 Å². The van der Waals surface area contributed by atoms with Crippen molar-refractivity contribution in [1.29, 1.82) is 0 Å². The predicted molar refractivity (Wildman–Crippen MR) is 83.2 cm³/mol. The smallest absolute Gasteiger partial charge is 0.224 e. The Labute approximate surface area is 132 Å². The van der Waals surface area contributed by atoms with Crippen molar-refractivity contribution >= 4 is 17.2 Å². The molecule has 2 saturated carbocycles. The Morgan fingerprint density at radius 2 is 2.18 bits per heavy atom. The van der Waals surface area contributed by atoms with Crippen LogP contribution in [0, 0.1) is 11.7 Å². The zero-order chi connectivity index (χ0) is 15.1. The number of aromatic nitrogens is 1. The van der Waals surface area contributed by atoms with Crippen molar-refractivity contribution in [1.82, 2.24) is 10.3 Å². The Bertz CT molecular complexity index is 710. The van der Waals surface area contributed by atoms with Crippen LogP contribution in [-0.2, 0) is 11.3 Å². The SMILES string of the molecule is O=C(NCc1csc(C2CC2)n1)C1CC1c1ccccc1F. The Morgan fingerprint density at radius 1 is 1.36 bits per heavy atom. The van der Waals surface area contributed by atoms with E-state index in [0.717, 1.165) is 12.1 Å². The molecule has 0 radical (unpaired) electrons. The molecule has 1 N–H and O–H groups in total. The lowest BCUT2D eigenvalue weighted by atomic mass is 10.1. The van der Waals surface area contributed by atoms with Crippen molar-refractivity contribution in [2.24, 2.45) is 5.92 Å². The van der Waals surface area contributed by atoms with Crippen LogP contribution in [0.4, 0.5) is 4.39 Å². The van der Waals surface area contributed by atoms with E-state index < -0.39 is 0 Å². The van der Waals surface area contributed by atoms with Gasteiger partial charge in [-0.1, -0.05) is 18.2 Å². The Kier molecular flexibility index (Phi) is 3.45. The molecule has 1 amide bonds. The maximum Gasteiger partial charge on any atom is 0.224 e. The lowest BCUT2D eigenvalue weighted by molar-refractivity contribution is -0.122. The molecule has 22 heavy (non-hydrogen) atoms. The predicted octanol–water partition coefficient (Wildman–Crippen LogP) is 3.58. The molecule has 0 aliphatic heterocycles. The molecule has 5 heteroatoms. The van der Waals surface area contributed by atoms with Crippen molar-refractivity contribution in [3.8, 4) is 0 Å². The van der Waals surface area contributed by atoms with E-state index in [1.807, 2.05) is 11.4 Å². The fraction of sp³-hybridized carbons (Fsp3) is 0.412.